The van der Waals surface area contributed by atoms with Crippen molar-refractivity contribution in [2.24, 2.45) is 0 Å². The van der Waals surface area contributed by atoms with Crippen molar-refractivity contribution < 1.29 is 18.4 Å². The summed E-state index contributed by atoms with van der Waals surface area (Å²) in [6.07, 6.45) is 2.81. The molecule has 1 aromatic carbocycles. The third kappa shape index (κ3) is 2.85. The monoisotopic (exact) mass is 302 g/mol. The van der Waals surface area contributed by atoms with E-state index in [1.165, 1.54) is 41.4 Å². The number of esters is 1. The number of carbonyl (C=O) groups is 1. The van der Waals surface area contributed by atoms with Gasteiger partial charge in [-0.3, -0.25) is 4.57 Å². The summed E-state index contributed by atoms with van der Waals surface area (Å²) in [7, 11) is 0. The average molecular weight is 302 g/mol. The number of aromatic nitrogens is 4. The van der Waals surface area contributed by atoms with Crippen LogP contribution >= 0.6 is 0 Å². The summed E-state index contributed by atoms with van der Waals surface area (Å²) in [5.41, 5.74) is 0.808. The molecule has 7 nitrogen and oxygen atoms in total. The molecule has 3 aromatic rings. The maximum atomic E-state index is 13.0. The van der Waals surface area contributed by atoms with Gasteiger partial charge in [0.1, 0.15) is 5.82 Å². The van der Waals surface area contributed by atoms with Crippen LogP contribution in [0.25, 0.3) is 5.69 Å². The van der Waals surface area contributed by atoms with Crippen LogP contribution in [-0.4, -0.2) is 25.7 Å². The Labute approximate surface area is 124 Å². The lowest BCUT2D eigenvalue weighted by atomic mass is 10.3. The van der Waals surface area contributed by atoms with Crippen molar-refractivity contribution in [3.63, 3.8) is 0 Å². The Balaban J connectivity index is 1.76. The molecule has 3 rings (SSSR count). The number of hydrogen-bond acceptors (Lipinski definition) is 6. The fraction of sp³-hybridized carbons (Fsp3) is 0.143. The number of benzene rings is 1. The second-order valence-electron chi connectivity index (χ2n) is 4.44. The molecule has 0 bridgehead atoms. The van der Waals surface area contributed by atoms with Crippen molar-refractivity contribution in [3.8, 4) is 5.69 Å². The molecule has 0 aliphatic rings. The second-order valence-corrected chi connectivity index (χ2v) is 4.44. The van der Waals surface area contributed by atoms with Crippen LogP contribution < -0.4 is 0 Å². The topological polar surface area (TPSA) is 83.0 Å². The van der Waals surface area contributed by atoms with Gasteiger partial charge in [-0.05, 0) is 31.2 Å². The summed E-state index contributed by atoms with van der Waals surface area (Å²) >= 11 is 0. The highest BCUT2D eigenvalue weighted by Crippen LogP contribution is 2.13. The first-order valence-corrected chi connectivity index (χ1v) is 6.38. The van der Waals surface area contributed by atoms with Gasteiger partial charge < -0.3 is 9.26 Å². The summed E-state index contributed by atoms with van der Waals surface area (Å²) in [6, 6.07) is 5.67. The van der Waals surface area contributed by atoms with Gasteiger partial charge >= 0.3 is 5.97 Å². The fourth-order valence-electron chi connectivity index (χ4n) is 1.85. The molecule has 0 unspecified atom stereocenters. The Morgan fingerprint density at radius 2 is 2.14 bits per heavy atom. The van der Waals surface area contributed by atoms with E-state index in [9.17, 15) is 9.18 Å². The minimum atomic E-state index is -0.599. The Kier molecular flexibility index (Phi) is 3.65. The number of ether oxygens (including phenoxy) is 1. The van der Waals surface area contributed by atoms with Gasteiger partial charge in [0.15, 0.2) is 18.1 Å². The molecule has 0 N–H and O–H groups in total. The molecule has 0 aliphatic carbocycles. The van der Waals surface area contributed by atoms with Crippen LogP contribution in [0, 0.1) is 12.7 Å². The highest BCUT2D eigenvalue weighted by Gasteiger charge is 2.16. The summed E-state index contributed by atoms with van der Waals surface area (Å²) in [5.74, 6) is -0.293. The van der Waals surface area contributed by atoms with Crippen LogP contribution in [0.4, 0.5) is 4.39 Å². The van der Waals surface area contributed by atoms with E-state index in [1.54, 1.807) is 6.92 Å². The van der Waals surface area contributed by atoms with E-state index in [0.717, 1.165) is 0 Å². The molecule has 0 atom stereocenters. The first kappa shape index (κ1) is 13.9. The third-order valence-corrected chi connectivity index (χ3v) is 2.85. The number of rotatable bonds is 4. The quantitative estimate of drug-likeness (QED) is 0.686. The highest BCUT2D eigenvalue weighted by molar-refractivity contribution is 5.88. The number of hydrogen-bond donors (Lipinski definition) is 0. The molecule has 0 radical (unpaired) electrons. The lowest BCUT2D eigenvalue weighted by Crippen LogP contribution is -2.11. The van der Waals surface area contributed by atoms with Crippen molar-refractivity contribution in [2.75, 3.05) is 0 Å². The zero-order valence-electron chi connectivity index (χ0n) is 11.6. The molecular weight excluding hydrogens is 291 g/mol. The van der Waals surface area contributed by atoms with Crippen molar-refractivity contribution in [1.29, 1.82) is 0 Å². The van der Waals surface area contributed by atoms with Crippen molar-refractivity contribution in [2.45, 2.75) is 13.5 Å². The fourth-order valence-corrected chi connectivity index (χ4v) is 1.85. The molecule has 22 heavy (non-hydrogen) atoms. The predicted octanol–water partition coefficient (Wildman–Crippen LogP) is 2.06. The molecule has 0 spiro atoms. The zero-order valence-corrected chi connectivity index (χ0v) is 11.6. The minimum absolute atomic E-state index is 0.131. The van der Waals surface area contributed by atoms with Crippen molar-refractivity contribution >= 4 is 5.97 Å². The van der Waals surface area contributed by atoms with Crippen LogP contribution in [0.2, 0.25) is 0 Å². The van der Waals surface area contributed by atoms with Crippen LogP contribution in [0.15, 0.2) is 41.3 Å². The molecular formula is C14H11FN4O3. The number of halogens is 1. The lowest BCUT2D eigenvalue weighted by Gasteiger charge is -2.07. The molecule has 0 saturated heterocycles. The van der Waals surface area contributed by atoms with Gasteiger partial charge in [-0.1, -0.05) is 5.16 Å². The standard InChI is InChI=1S/C14H11FN4O3/c1-9-17-13(22-18-9)7-21-14(20)12-6-16-8-19(12)11-4-2-10(15)3-5-11/h2-6,8H,7H2,1H3. The molecule has 0 amide bonds. The van der Waals surface area contributed by atoms with E-state index >= 15 is 0 Å². The van der Waals surface area contributed by atoms with E-state index in [4.69, 9.17) is 9.26 Å². The largest absolute Gasteiger partial charge is 0.451 e. The third-order valence-electron chi connectivity index (χ3n) is 2.85. The van der Waals surface area contributed by atoms with Crippen LogP contribution in [0.3, 0.4) is 0 Å². The summed E-state index contributed by atoms with van der Waals surface area (Å²) in [4.78, 5) is 20.0. The number of imidazole rings is 1. The van der Waals surface area contributed by atoms with Gasteiger partial charge in [0, 0.05) is 5.69 Å². The Morgan fingerprint density at radius 3 is 2.82 bits per heavy atom. The SMILES string of the molecule is Cc1noc(COC(=O)c2cncn2-c2ccc(F)cc2)n1. The molecule has 2 heterocycles. The van der Waals surface area contributed by atoms with E-state index < -0.39 is 5.97 Å². The van der Waals surface area contributed by atoms with E-state index in [0.29, 0.717) is 11.5 Å². The van der Waals surface area contributed by atoms with Gasteiger partial charge in [0.05, 0.1) is 12.5 Å². The highest BCUT2D eigenvalue weighted by atomic mass is 19.1. The Hall–Kier alpha value is -3.03. The molecule has 112 valence electrons. The summed E-state index contributed by atoms with van der Waals surface area (Å²) in [5, 5.41) is 3.60. The van der Waals surface area contributed by atoms with E-state index in [1.807, 2.05) is 0 Å². The molecule has 0 aliphatic heterocycles. The summed E-state index contributed by atoms with van der Waals surface area (Å²) < 4.78 is 24.4. The Morgan fingerprint density at radius 1 is 1.36 bits per heavy atom. The van der Waals surface area contributed by atoms with Gasteiger partial charge in [-0.2, -0.15) is 4.98 Å². The average Bonchev–Trinajstić information content (AvgIpc) is 3.14. The van der Waals surface area contributed by atoms with Crippen LogP contribution in [0.5, 0.6) is 0 Å². The maximum Gasteiger partial charge on any atom is 0.357 e. The predicted molar refractivity (Wildman–Crippen MR) is 71.7 cm³/mol. The van der Waals surface area contributed by atoms with E-state index in [-0.39, 0.29) is 24.0 Å². The number of nitrogens with zero attached hydrogens (tertiary/aromatic N) is 4. The van der Waals surface area contributed by atoms with Crippen molar-refractivity contribution in [1.82, 2.24) is 19.7 Å². The van der Waals surface area contributed by atoms with Gasteiger partial charge in [-0.15, -0.1) is 0 Å². The lowest BCUT2D eigenvalue weighted by molar-refractivity contribution is 0.0420. The first-order valence-electron chi connectivity index (χ1n) is 6.38. The minimum Gasteiger partial charge on any atom is -0.451 e. The molecule has 8 heteroatoms. The van der Waals surface area contributed by atoms with Crippen LogP contribution in [-0.2, 0) is 11.3 Å². The number of carbonyl (C=O) groups excluding carboxylic acids is 1. The molecule has 2 aromatic heterocycles. The second kappa shape index (κ2) is 5.76. The van der Waals surface area contributed by atoms with E-state index in [2.05, 4.69) is 15.1 Å². The Bertz CT molecular complexity index is 795. The first-order chi connectivity index (χ1) is 10.6. The smallest absolute Gasteiger partial charge is 0.357 e. The normalized spacial score (nSPS) is 10.6. The van der Waals surface area contributed by atoms with Crippen LogP contribution in [0.1, 0.15) is 22.2 Å². The zero-order chi connectivity index (χ0) is 15.5. The van der Waals surface area contributed by atoms with Gasteiger partial charge in [0.25, 0.3) is 5.89 Å². The van der Waals surface area contributed by atoms with Crippen molar-refractivity contribution in [3.05, 3.63) is 60.0 Å². The maximum absolute atomic E-state index is 13.0. The van der Waals surface area contributed by atoms with Gasteiger partial charge in [0.2, 0.25) is 0 Å². The summed E-state index contributed by atoms with van der Waals surface area (Å²) in [6.45, 7) is 1.53. The molecule has 0 fully saturated rings. The van der Waals surface area contributed by atoms with Gasteiger partial charge in [-0.25, -0.2) is 14.2 Å². The number of aryl methyl sites for hydroxylation is 1. The molecule has 0 saturated carbocycles.